The van der Waals surface area contributed by atoms with E-state index in [1.165, 1.54) is 19.3 Å². The molecule has 0 unspecified atom stereocenters. The Balaban J connectivity index is 1.87. The Hall–Kier alpha value is -0.610. The van der Waals surface area contributed by atoms with Gasteiger partial charge in [0.15, 0.2) is 0 Å². The summed E-state index contributed by atoms with van der Waals surface area (Å²) >= 11 is 0. The summed E-state index contributed by atoms with van der Waals surface area (Å²) in [6.07, 6.45) is 4.35. The average Bonchev–Trinajstić information content (AvgIpc) is 2.11. The summed E-state index contributed by atoms with van der Waals surface area (Å²) in [4.78, 5) is 11.3. The maximum absolute atomic E-state index is 11.3. The Labute approximate surface area is 84.6 Å². The summed E-state index contributed by atoms with van der Waals surface area (Å²) in [6, 6.07) is 0. The molecule has 0 spiro atoms. The van der Waals surface area contributed by atoms with Gasteiger partial charge in [-0.05, 0) is 18.8 Å². The summed E-state index contributed by atoms with van der Waals surface area (Å²) in [7, 11) is 0. The quantitative estimate of drug-likeness (QED) is 0.582. The Morgan fingerprint density at radius 2 is 2.21 bits per heavy atom. The van der Waals surface area contributed by atoms with E-state index in [1.54, 1.807) is 0 Å². The molecule has 0 atom stereocenters. The van der Waals surface area contributed by atoms with Crippen molar-refractivity contribution < 1.29 is 14.6 Å². The number of carbonyl (C=O) groups is 1. The molecule has 4 nitrogen and oxygen atoms in total. The zero-order valence-corrected chi connectivity index (χ0v) is 8.50. The van der Waals surface area contributed by atoms with Crippen molar-refractivity contribution in [1.29, 1.82) is 0 Å². The highest BCUT2D eigenvalue weighted by molar-refractivity contribution is 5.76. The zero-order valence-electron chi connectivity index (χ0n) is 8.50. The maximum atomic E-state index is 11.3. The van der Waals surface area contributed by atoms with Gasteiger partial charge in [-0.15, -0.1) is 0 Å². The van der Waals surface area contributed by atoms with E-state index in [0.29, 0.717) is 32.1 Å². The minimum absolute atomic E-state index is 0.0377. The normalized spacial score (nSPS) is 16.4. The molecule has 1 aliphatic carbocycles. The van der Waals surface area contributed by atoms with Crippen molar-refractivity contribution in [2.45, 2.75) is 25.7 Å². The first-order chi connectivity index (χ1) is 6.83. The molecule has 0 aliphatic heterocycles. The van der Waals surface area contributed by atoms with Gasteiger partial charge >= 0.3 is 0 Å². The first-order valence-corrected chi connectivity index (χ1v) is 5.28. The van der Waals surface area contributed by atoms with E-state index < -0.39 is 0 Å². The van der Waals surface area contributed by atoms with Gasteiger partial charge in [-0.1, -0.05) is 6.42 Å². The van der Waals surface area contributed by atoms with Gasteiger partial charge in [-0.2, -0.15) is 0 Å². The molecule has 1 fully saturated rings. The van der Waals surface area contributed by atoms with Crippen molar-refractivity contribution in [3.63, 3.8) is 0 Å². The number of amides is 1. The fraction of sp³-hybridized carbons (Fsp3) is 0.900. The third-order valence-electron chi connectivity index (χ3n) is 2.50. The van der Waals surface area contributed by atoms with E-state index in [4.69, 9.17) is 9.84 Å². The van der Waals surface area contributed by atoms with E-state index in [-0.39, 0.29) is 12.5 Å². The molecule has 1 amide bonds. The number of hydrogen-bond acceptors (Lipinski definition) is 3. The molecular formula is C10H19NO3. The molecule has 0 aromatic carbocycles. The van der Waals surface area contributed by atoms with Crippen molar-refractivity contribution in [2.75, 3.05) is 26.4 Å². The minimum Gasteiger partial charge on any atom is -0.394 e. The molecule has 0 heterocycles. The Morgan fingerprint density at radius 1 is 1.43 bits per heavy atom. The van der Waals surface area contributed by atoms with Crippen LogP contribution in [0.4, 0.5) is 0 Å². The van der Waals surface area contributed by atoms with Gasteiger partial charge in [0.05, 0.1) is 19.8 Å². The van der Waals surface area contributed by atoms with E-state index in [0.717, 1.165) is 0 Å². The summed E-state index contributed by atoms with van der Waals surface area (Å²) in [5, 5.41) is 11.2. The van der Waals surface area contributed by atoms with Crippen LogP contribution >= 0.6 is 0 Å². The lowest BCUT2D eigenvalue weighted by Gasteiger charge is -2.24. The van der Waals surface area contributed by atoms with Crippen LogP contribution in [0.2, 0.25) is 0 Å². The number of nitrogens with one attached hydrogen (secondary N) is 1. The lowest BCUT2D eigenvalue weighted by molar-refractivity contribution is -0.122. The molecule has 4 heteroatoms. The average molecular weight is 201 g/mol. The largest absolute Gasteiger partial charge is 0.394 e. The van der Waals surface area contributed by atoms with Gasteiger partial charge in [0.1, 0.15) is 0 Å². The summed E-state index contributed by atoms with van der Waals surface area (Å²) < 4.78 is 5.01. The summed E-state index contributed by atoms with van der Waals surface area (Å²) in [5.74, 6) is 0.746. The third-order valence-corrected chi connectivity index (χ3v) is 2.50. The molecular weight excluding hydrogens is 182 g/mol. The van der Waals surface area contributed by atoms with Crippen LogP contribution in [0.25, 0.3) is 0 Å². The molecule has 0 radical (unpaired) electrons. The first kappa shape index (κ1) is 11.5. The highest BCUT2D eigenvalue weighted by Crippen LogP contribution is 2.28. The predicted molar refractivity (Wildman–Crippen MR) is 52.9 cm³/mol. The topological polar surface area (TPSA) is 58.6 Å². The Bertz CT molecular complexity index is 169. The van der Waals surface area contributed by atoms with Crippen molar-refractivity contribution >= 4 is 5.91 Å². The van der Waals surface area contributed by atoms with Crippen LogP contribution < -0.4 is 5.32 Å². The molecule has 1 rings (SSSR count). The number of hydrogen-bond donors (Lipinski definition) is 2. The van der Waals surface area contributed by atoms with Crippen molar-refractivity contribution in [1.82, 2.24) is 5.32 Å². The van der Waals surface area contributed by atoms with Gasteiger partial charge in [-0.3, -0.25) is 4.79 Å². The van der Waals surface area contributed by atoms with Crippen LogP contribution in [0.3, 0.4) is 0 Å². The van der Waals surface area contributed by atoms with E-state index in [2.05, 4.69) is 5.32 Å². The smallest absolute Gasteiger partial charge is 0.220 e. The minimum atomic E-state index is 0.0377. The molecule has 0 saturated heterocycles. The van der Waals surface area contributed by atoms with Gasteiger partial charge < -0.3 is 15.2 Å². The van der Waals surface area contributed by atoms with Crippen LogP contribution in [-0.4, -0.2) is 37.4 Å². The van der Waals surface area contributed by atoms with Crippen molar-refractivity contribution in [2.24, 2.45) is 5.92 Å². The highest BCUT2D eigenvalue weighted by Gasteiger charge is 2.20. The van der Waals surface area contributed by atoms with Crippen molar-refractivity contribution in [3.8, 4) is 0 Å². The number of aliphatic hydroxyl groups excluding tert-OH is 1. The second-order valence-corrected chi connectivity index (χ2v) is 3.69. The molecule has 2 N–H and O–H groups in total. The number of ether oxygens (including phenoxy) is 1. The van der Waals surface area contributed by atoms with Gasteiger partial charge in [0, 0.05) is 13.0 Å². The lowest BCUT2D eigenvalue weighted by Crippen LogP contribution is -2.30. The molecule has 1 saturated carbocycles. The van der Waals surface area contributed by atoms with Crippen LogP contribution in [0.5, 0.6) is 0 Å². The summed E-state index contributed by atoms with van der Waals surface area (Å²) in [5.41, 5.74) is 0. The number of aliphatic hydroxyl groups is 1. The standard InChI is InChI=1S/C10H19NO3/c12-5-7-14-6-4-11-10(13)8-9-2-1-3-9/h9,12H,1-8H2,(H,11,13). The van der Waals surface area contributed by atoms with E-state index in [9.17, 15) is 4.79 Å². The maximum Gasteiger partial charge on any atom is 0.220 e. The number of rotatable bonds is 7. The zero-order chi connectivity index (χ0) is 10.2. The van der Waals surface area contributed by atoms with E-state index >= 15 is 0 Å². The fourth-order valence-corrected chi connectivity index (χ4v) is 1.46. The van der Waals surface area contributed by atoms with Crippen molar-refractivity contribution in [3.05, 3.63) is 0 Å². The second kappa shape index (κ2) is 6.79. The third kappa shape index (κ3) is 4.58. The highest BCUT2D eigenvalue weighted by atomic mass is 16.5. The molecule has 1 aliphatic rings. The van der Waals surface area contributed by atoms with Gasteiger partial charge in [0.25, 0.3) is 0 Å². The van der Waals surface area contributed by atoms with Gasteiger partial charge in [-0.25, -0.2) is 0 Å². The molecule has 82 valence electrons. The molecule has 14 heavy (non-hydrogen) atoms. The van der Waals surface area contributed by atoms with Crippen LogP contribution in [0, 0.1) is 5.92 Å². The Kier molecular flexibility index (Phi) is 5.56. The first-order valence-electron chi connectivity index (χ1n) is 5.28. The fourth-order valence-electron chi connectivity index (χ4n) is 1.46. The van der Waals surface area contributed by atoms with Crippen LogP contribution in [0.15, 0.2) is 0 Å². The molecule has 0 aromatic heterocycles. The van der Waals surface area contributed by atoms with Crippen LogP contribution in [-0.2, 0) is 9.53 Å². The predicted octanol–water partition coefficient (Wildman–Crippen LogP) is 0.302. The molecule has 0 aromatic rings. The lowest BCUT2D eigenvalue weighted by atomic mass is 9.83. The summed E-state index contributed by atoms with van der Waals surface area (Å²) in [6.45, 7) is 1.41. The second-order valence-electron chi connectivity index (χ2n) is 3.69. The monoisotopic (exact) mass is 201 g/mol. The SMILES string of the molecule is O=C(CC1CCC1)NCCOCCO. The molecule has 0 bridgehead atoms. The van der Waals surface area contributed by atoms with E-state index in [1.807, 2.05) is 0 Å². The van der Waals surface area contributed by atoms with Crippen LogP contribution in [0.1, 0.15) is 25.7 Å². The number of carbonyl (C=O) groups excluding carboxylic acids is 1. The Morgan fingerprint density at radius 3 is 2.79 bits per heavy atom. The van der Waals surface area contributed by atoms with Gasteiger partial charge in [0.2, 0.25) is 5.91 Å².